The molecular formula is C16H16FN3O2S. The van der Waals surface area contributed by atoms with Crippen molar-refractivity contribution in [2.24, 2.45) is 0 Å². The smallest absolute Gasteiger partial charge is 0.270 e. The SMILES string of the molecule is CSc1nc(-c2ccc(F)cc2COC(C)C)c(C#N)c(=O)[nH]1. The Morgan fingerprint density at radius 2 is 2.22 bits per heavy atom. The monoisotopic (exact) mass is 333 g/mol. The van der Waals surface area contributed by atoms with E-state index in [1.54, 1.807) is 6.26 Å². The van der Waals surface area contributed by atoms with Gasteiger partial charge in [0.1, 0.15) is 17.4 Å². The summed E-state index contributed by atoms with van der Waals surface area (Å²) in [5.41, 5.74) is 0.690. The van der Waals surface area contributed by atoms with E-state index in [1.807, 2.05) is 19.9 Å². The van der Waals surface area contributed by atoms with Gasteiger partial charge in [-0.1, -0.05) is 11.8 Å². The van der Waals surface area contributed by atoms with Gasteiger partial charge in [0.25, 0.3) is 5.56 Å². The van der Waals surface area contributed by atoms with Gasteiger partial charge in [-0.2, -0.15) is 5.26 Å². The number of aromatic nitrogens is 2. The van der Waals surface area contributed by atoms with Gasteiger partial charge in [0.15, 0.2) is 5.16 Å². The number of hydrogen-bond acceptors (Lipinski definition) is 5. The zero-order valence-corrected chi connectivity index (χ0v) is 13.8. The molecule has 5 nitrogen and oxygen atoms in total. The topological polar surface area (TPSA) is 78.8 Å². The number of H-pyrrole nitrogens is 1. The van der Waals surface area contributed by atoms with E-state index in [-0.39, 0.29) is 24.0 Å². The number of halogens is 1. The van der Waals surface area contributed by atoms with Gasteiger partial charge >= 0.3 is 0 Å². The first-order chi connectivity index (χ1) is 11.0. The van der Waals surface area contributed by atoms with Crippen molar-refractivity contribution in [1.29, 1.82) is 5.26 Å². The number of rotatable bonds is 5. The van der Waals surface area contributed by atoms with Crippen LogP contribution in [0.4, 0.5) is 4.39 Å². The fourth-order valence-corrected chi connectivity index (χ4v) is 2.39. The van der Waals surface area contributed by atoms with Gasteiger partial charge in [0, 0.05) is 5.56 Å². The Labute approximate surface area is 137 Å². The maximum absolute atomic E-state index is 13.6. The number of aromatic amines is 1. The molecule has 1 aromatic carbocycles. The molecule has 0 unspecified atom stereocenters. The first-order valence-corrected chi connectivity index (χ1v) is 8.17. The van der Waals surface area contributed by atoms with Crippen LogP contribution in [0.5, 0.6) is 0 Å². The van der Waals surface area contributed by atoms with E-state index in [1.165, 1.54) is 30.0 Å². The van der Waals surface area contributed by atoms with Crippen molar-refractivity contribution in [3.05, 3.63) is 45.5 Å². The van der Waals surface area contributed by atoms with E-state index >= 15 is 0 Å². The number of ether oxygens (including phenoxy) is 1. The predicted molar refractivity (Wildman–Crippen MR) is 86.7 cm³/mol. The zero-order valence-electron chi connectivity index (χ0n) is 13.0. The normalized spacial score (nSPS) is 10.8. The van der Waals surface area contributed by atoms with E-state index < -0.39 is 11.4 Å². The molecule has 2 aromatic rings. The molecule has 1 heterocycles. The summed E-state index contributed by atoms with van der Waals surface area (Å²) in [6.07, 6.45) is 1.73. The average molecular weight is 333 g/mol. The fraction of sp³-hybridized carbons (Fsp3) is 0.312. The van der Waals surface area contributed by atoms with Gasteiger partial charge in [-0.05, 0) is 43.9 Å². The van der Waals surface area contributed by atoms with Crippen molar-refractivity contribution in [2.45, 2.75) is 31.7 Å². The Kier molecular flexibility index (Phi) is 5.53. The molecule has 7 heteroatoms. The van der Waals surface area contributed by atoms with Crippen molar-refractivity contribution in [2.75, 3.05) is 6.26 Å². The third kappa shape index (κ3) is 3.97. The molecule has 0 aliphatic carbocycles. The summed E-state index contributed by atoms with van der Waals surface area (Å²) >= 11 is 1.26. The first-order valence-electron chi connectivity index (χ1n) is 6.95. The maximum Gasteiger partial charge on any atom is 0.270 e. The molecule has 0 aliphatic rings. The van der Waals surface area contributed by atoms with Crippen molar-refractivity contribution < 1.29 is 9.13 Å². The molecule has 120 valence electrons. The summed E-state index contributed by atoms with van der Waals surface area (Å²) < 4.78 is 19.1. The first kappa shape index (κ1) is 17.2. The van der Waals surface area contributed by atoms with Crippen LogP contribution < -0.4 is 5.56 Å². The molecule has 23 heavy (non-hydrogen) atoms. The highest BCUT2D eigenvalue weighted by Crippen LogP contribution is 2.26. The van der Waals surface area contributed by atoms with Gasteiger partial charge in [-0.25, -0.2) is 9.37 Å². The molecular weight excluding hydrogens is 317 g/mol. The van der Waals surface area contributed by atoms with Gasteiger partial charge < -0.3 is 9.72 Å². The minimum absolute atomic E-state index is 0.0320. The maximum atomic E-state index is 13.6. The van der Waals surface area contributed by atoms with Crippen molar-refractivity contribution in [1.82, 2.24) is 9.97 Å². The minimum atomic E-state index is -0.512. The van der Waals surface area contributed by atoms with E-state index in [0.717, 1.165) is 0 Å². The number of thioether (sulfide) groups is 1. The second-order valence-electron chi connectivity index (χ2n) is 5.07. The summed E-state index contributed by atoms with van der Waals surface area (Å²) in [6, 6.07) is 5.99. The molecule has 0 bridgehead atoms. The summed E-state index contributed by atoms with van der Waals surface area (Å²) in [5.74, 6) is -0.412. The van der Waals surface area contributed by atoms with E-state index in [4.69, 9.17) is 4.74 Å². The Morgan fingerprint density at radius 1 is 1.48 bits per heavy atom. The number of nitrogens with one attached hydrogen (secondary N) is 1. The van der Waals surface area contributed by atoms with E-state index in [2.05, 4.69) is 9.97 Å². The van der Waals surface area contributed by atoms with Crippen LogP contribution in [0, 0.1) is 17.1 Å². The number of nitrogens with zero attached hydrogens (tertiary/aromatic N) is 2. The minimum Gasteiger partial charge on any atom is -0.374 e. The van der Waals surface area contributed by atoms with Crippen LogP contribution in [-0.2, 0) is 11.3 Å². The lowest BCUT2D eigenvalue weighted by Gasteiger charge is -2.13. The molecule has 0 amide bonds. The Hall–Kier alpha value is -2.17. The van der Waals surface area contributed by atoms with Crippen molar-refractivity contribution in [3.63, 3.8) is 0 Å². The van der Waals surface area contributed by atoms with Crippen LogP contribution in [0.3, 0.4) is 0 Å². The van der Waals surface area contributed by atoms with Crippen LogP contribution in [0.15, 0.2) is 28.2 Å². The third-order valence-corrected chi connectivity index (χ3v) is 3.68. The summed E-state index contributed by atoms with van der Waals surface area (Å²) in [7, 11) is 0. The average Bonchev–Trinajstić information content (AvgIpc) is 2.52. The summed E-state index contributed by atoms with van der Waals surface area (Å²) in [4.78, 5) is 18.9. The largest absolute Gasteiger partial charge is 0.374 e. The molecule has 0 saturated heterocycles. The molecule has 0 atom stereocenters. The van der Waals surface area contributed by atoms with Gasteiger partial charge in [-0.15, -0.1) is 0 Å². The lowest BCUT2D eigenvalue weighted by atomic mass is 10.0. The Balaban J connectivity index is 2.64. The van der Waals surface area contributed by atoms with Gasteiger partial charge in [0.2, 0.25) is 0 Å². The van der Waals surface area contributed by atoms with Gasteiger partial charge in [0.05, 0.1) is 18.4 Å². The standard InChI is InChI=1S/C16H16FN3O2S/c1-9(2)22-8-10-6-11(17)4-5-12(10)14-13(7-18)15(21)20-16(19-14)23-3/h4-6,9H,8H2,1-3H3,(H,19,20,21). The molecule has 0 fully saturated rings. The quantitative estimate of drug-likeness (QED) is 0.672. The number of hydrogen-bond donors (Lipinski definition) is 1. The third-order valence-electron chi connectivity index (χ3n) is 3.10. The predicted octanol–water partition coefficient (Wildman–Crippen LogP) is 3.09. The second-order valence-corrected chi connectivity index (χ2v) is 5.87. The van der Waals surface area contributed by atoms with Crippen LogP contribution >= 0.6 is 11.8 Å². The van der Waals surface area contributed by atoms with E-state index in [0.29, 0.717) is 16.3 Å². The highest BCUT2D eigenvalue weighted by molar-refractivity contribution is 7.98. The van der Waals surface area contributed by atoms with Crippen LogP contribution in [-0.4, -0.2) is 22.3 Å². The lowest BCUT2D eigenvalue weighted by molar-refractivity contribution is 0.0658. The summed E-state index contributed by atoms with van der Waals surface area (Å²) in [6.45, 7) is 3.91. The molecule has 1 aromatic heterocycles. The lowest BCUT2D eigenvalue weighted by Crippen LogP contribution is -2.15. The van der Waals surface area contributed by atoms with Crippen LogP contribution in [0.1, 0.15) is 25.0 Å². The molecule has 0 aliphatic heterocycles. The number of nitriles is 1. The molecule has 2 rings (SSSR count). The molecule has 0 saturated carbocycles. The summed E-state index contributed by atoms with van der Waals surface area (Å²) in [5, 5.41) is 9.66. The molecule has 1 N–H and O–H groups in total. The molecule has 0 radical (unpaired) electrons. The highest BCUT2D eigenvalue weighted by atomic mass is 32.2. The molecule has 0 spiro atoms. The second kappa shape index (κ2) is 7.40. The fourth-order valence-electron chi connectivity index (χ4n) is 2.02. The van der Waals surface area contributed by atoms with Gasteiger partial charge in [-0.3, -0.25) is 4.79 Å². The Bertz CT molecular complexity index is 812. The van der Waals surface area contributed by atoms with Crippen molar-refractivity contribution >= 4 is 11.8 Å². The van der Waals surface area contributed by atoms with Crippen molar-refractivity contribution in [3.8, 4) is 17.3 Å². The zero-order chi connectivity index (χ0) is 17.0. The van der Waals surface area contributed by atoms with Crippen LogP contribution in [0.25, 0.3) is 11.3 Å². The van der Waals surface area contributed by atoms with Crippen LogP contribution in [0.2, 0.25) is 0 Å². The number of benzene rings is 1. The Morgan fingerprint density at radius 3 is 2.83 bits per heavy atom. The van der Waals surface area contributed by atoms with E-state index in [9.17, 15) is 14.4 Å². The highest BCUT2D eigenvalue weighted by Gasteiger charge is 2.17.